The van der Waals surface area contributed by atoms with E-state index >= 15 is 0 Å². The number of aromatic nitrogens is 1. The van der Waals surface area contributed by atoms with Crippen LogP contribution in [-0.4, -0.2) is 51.3 Å². The lowest BCUT2D eigenvalue weighted by Crippen LogP contribution is -2.43. The summed E-state index contributed by atoms with van der Waals surface area (Å²) in [5.41, 5.74) is 12.0. The van der Waals surface area contributed by atoms with Crippen molar-refractivity contribution < 1.29 is 14.3 Å². The fourth-order valence-electron chi connectivity index (χ4n) is 4.19. The maximum Gasteiger partial charge on any atom is 0.256 e. The highest BCUT2D eigenvalue weighted by molar-refractivity contribution is 5.99. The standard InChI is InChI=1S/C25H28N4O3/c1-16-20(17-4-6-19(7-5-17)29-10-8-27-9-11-29)14-28-15-21(16)18-12-22(31-2)24(25(26)30)23(13-18)32-3/h4-7,12-15,27H,8-11H2,1-3H3,(H2,26,30). The number of nitrogens with two attached hydrogens (primary N) is 1. The Hall–Kier alpha value is -3.58. The van der Waals surface area contributed by atoms with Gasteiger partial charge in [-0.05, 0) is 47.9 Å². The number of benzene rings is 2. The molecule has 1 aromatic heterocycles. The number of nitrogens with zero attached hydrogens (tertiary/aromatic N) is 2. The van der Waals surface area contributed by atoms with Gasteiger partial charge in [0.15, 0.2) is 0 Å². The third-order valence-electron chi connectivity index (χ3n) is 5.94. The van der Waals surface area contributed by atoms with E-state index in [4.69, 9.17) is 15.2 Å². The zero-order valence-corrected chi connectivity index (χ0v) is 18.6. The summed E-state index contributed by atoms with van der Waals surface area (Å²) in [6, 6.07) is 12.2. The molecule has 2 aromatic carbocycles. The lowest BCUT2D eigenvalue weighted by Gasteiger charge is -2.29. The second-order valence-corrected chi connectivity index (χ2v) is 7.76. The second-order valence-electron chi connectivity index (χ2n) is 7.76. The molecule has 7 heteroatoms. The van der Waals surface area contributed by atoms with Gasteiger partial charge in [-0.2, -0.15) is 0 Å². The Kier molecular flexibility index (Phi) is 6.28. The molecule has 2 heterocycles. The molecule has 3 aromatic rings. The van der Waals surface area contributed by atoms with Crippen molar-refractivity contribution in [3.63, 3.8) is 0 Å². The van der Waals surface area contributed by atoms with Crippen molar-refractivity contribution in [2.24, 2.45) is 5.73 Å². The van der Waals surface area contributed by atoms with Gasteiger partial charge in [0.1, 0.15) is 17.1 Å². The van der Waals surface area contributed by atoms with Crippen LogP contribution in [0.4, 0.5) is 5.69 Å². The number of rotatable bonds is 6. The minimum atomic E-state index is -0.599. The maximum atomic E-state index is 11.9. The molecule has 166 valence electrons. The van der Waals surface area contributed by atoms with Crippen molar-refractivity contribution >= 4 is 11.6 Å². The molecule has 1 amide bonds. The highest BCUT2D eigenvalue weighted by atomic mass is 16.5. The Morgan fingerprint density at radius 1 is 0.969 bits per heavy atom. The molecule has 0 saturated carbocycles. The van der Waals surface area contributed by atoms with E-state index in [1.807, 2.05) is 12.4 Å². The SMILES string of the molecule is COc1cc(-c2cncc(-c3ccc(N4CCNCC4)cc3)c2C)cc(OC)c1C(N)=O. The van der Waals surface area contributed by atoms with Gasteiger partial charge in [-0.1, -0.05) is 12.1 Å². The van der Waals surface area contributed by atoms with E-state index < -0.39 is 5.91 Å². The molecule has 32 heavy (non-hydrogen) atoms. The summed E-state index contributed by atoms with van der Waals surface area (Å²) in [5.74, 6) is 0.146. The third kappa shape index (κ3) is 4.11. The highest BCUT2D eigenvalue weighted by Crippen LogP contribution is 2.38. The average molecular weight is 433 g/mol. The predicted octanol–water partition coefficient (Wildman–Crippen LogP) is 3.25. The summed E-state index contributed by atoms with van der Waals surface area (Å²) in [6.45, 7) is 6.11. The molecular weight excluding hydrogens is 404 g/mol. The highest BCUT2D eigenvalue weighted by Gasteiger charge is 2.20. The van der Waals surface area contributed by atoms with Gasteiger partial charge >= 0.3 is 0 Å². The normalized spacial score (nSPS) is 13.7. The van der Waals surface area contributed by atoms with Crippen LogP contribution in [-0.2, 0) is 0 Å². The van der Waals surface area contributed by atoms with Crippen molar-refractivity contribution in [1.29, 1.82) is 0 Å². The Balaban J connectivity index is 1.72. The molecule has 1 aliphatic heterocycles. The topological polar surface area (TPSA) is 89.7 Å². The van der Waals surface area contributed by atoms with Crippen molar-refractivity contribution in [1.82, 2.24) is 10.3 Å². The van der Waals surface area contributed by atoms with Gasteiger partial charge in [-0.25, -0.2) is 0 Å². The van der Waals surface area contributed by atoms with Crippen molar-refractivity contribution in [2.75, 3.05) is 45.3 Å². The average Bonchev–Trinajstić information content (AvgIpc) is 2.84. The number of carbonyl (C=O) groups is 1. The Bertz CT molecular complexity index is 1100. The van der Waals surface area contributed by atoms with E-state index in [-0.39, 0.29) is 5.56 Å². The van der Waals surface area contributed by atoms with Gasteiger partial charge in [0.05, 0.1) is 14.2 Å². The van der Waals surface area contributed by atoms with Crippen molar-refractivity contribution in [2.45, 2.75) is 6.92 Å². The molecule has 0 atom stereocenters. The van der Waals surface area contributed by atoms with Crippen LogP contribution in [0.15, 0.2) is 48.8 Å². The minimum absolute atomic E-state index is 0.226. The summed E-state index contributed by atoms with van der Waals surface area (Å²) in [5, 5.41) is 3.38. The number of amides is 1. The van der Waals surface area contributed by atoms with Gasteiger partial charge in [0, 0.05) is 55.4 Å². The molecule has 1 aliphatic rings. The Morgan fingerprint density at radius 2 is 1.53 bits per heavy atom. The molecule has 0 radical (unpaired) electrons. The van der Waals surface area contributed by atoms with Gasteiger partial charge in [-0.3, -0.25) is 9.78 Å². The van der Waals surface area contributed by atoms with Crippen molar-refractivity contribution in [3.8, 4) is 33.8 Å². The summed E-state index contributed by atoms with van der Waals surface area (Å²) in [7, 11) is 3.01. The number of primary amides is 1. The molecule has 0 spiro atoms. The van der Waals surface area contributed by atoms with E-state index in [0.29, 0.717) is 11.5 Å². The zero-order valence-electron chi connectivity index (χ0n) is 18.6. The van der Waals surface area contributed by atoms with Gasteiger partial charge < -0.3 is 25.4 Å². The first kappa shape index (κ1) is 21.6. The van der Waals surface area contributed by atoms with E-state index in [1.165, 1.54) is 19.9 Å². The molecule has 1 saturated heterocycles. The summed E-state index contributed by atoms with van der Waals surface area (Å²) < 4.78 is 10.9. The Morgan fingerprint density at radius 3 is 2.06 bits per heavy atom. The first-order chi connectivity index (χ1) is 15.5. The molecule has 1 fully saturated rings. The third-order valence-corrected chi connectivity index (χ3v) is 5.94. The molecule has 3 N–H and O–H groups in total. The van der Waals surface area contributed by atoms with Crippen LogP contribution in [0.25, 0.3) is 22.3 Å². The fraction of sp³-hybridized carbons (Fsp3) is 0.280. The van der Waals surface area contributed by atoms with Crippen LogP contribution in [0.5, 0.6) is 11.5 Å². The van der Waals surface area contributed by atoms with E-state index in [9.17, 15) is 4.79 Å². The summed E-state index contributed by atoms with van der Waals surface area (Å²) >= 11 is 0. The first-order valence-electron chi connectivity index (χ1n) is 10.6. The van der Waals surface area contributed by atoms with Gasteiger partial charge in [0.2, 0.25) is 0 Å². The van der Waals surface area contributed by atoms with Crippen LogP contribution in [0, 0.1) is 6.92 Å². The minimum Gasteiger partial charge on any atom is -0.496 e. The second kappa shape index (κ2) is 9.28. The van der Waals surface area contributed by atoms with Crippen LogP contribution < -0.4 is 25.4 Å². The fourth-order valence-corrected chi connectivity index (χ4v) is 4.19. The lowest BCUT2D eigenvalue weighted by molar-refractivity contribution is 0.0994. The van der Waals surface area contributed by atoms with E-state index in [0.717, 1.165) is 54.0 Å². The largest absolute Gasteiger partial charge is 0.496 e. The van der Waals surface area contributed by atoms with E-state index in [1.54, 1.807) is 12.1 Å². The van der Waals surface area contributed by atoms with Crippen LogP contribution >= 0.6 is 0 Å². The van der Waals surface area contributed by atoms with Gasteiger partial charge in [0.25, 0.3) is 5.91 Å². The van der Waals surface area contributed by atoms with Crippen molar-refractivity contribution in [3.05, 3.63) is 59.9 Å². The molecule has 0 bridgehead atoms. The first-order valence-corrected chi connectivity index (χ1v) is 10.6. The number of pyridine rings is 1. The monoisotopic (exact) mass is 432 g/mol. The molecule has 0 aliphatic carbocycles. The predicted molar refractivity (Wildman–Crippen MR) is 127 cm³/mol. The quantitative estimate of drug-likeness (QED) is 0.622. The number of nitrogens with one attached hydrogen (secondary N) is 1. The Labute approximate surface area is 188 Å². The lowest BCUT2D eigenvalue weighted by atomic mass is 9.94. The smallest absolute Gasteiger partial charge is 0.256 e. The number of carbonyl (C=O) groups excluding carboxylic acids is 1. The summed E-state index contributed by atoms with van der Waals surface area (Å²) in [6.07, 6.45) is 3.69. The number of hydrogen-bond donors (Lipinski definition) is 2. The van der Waals surface area contributed by atoms with E-state index in [2.05, 4.69) is 46.4 Å². The molecule has 4 rings (SSSR count). The van der Waals surface area contributed by atoms with Crippen LogP contribution in [0.3, 0.4) is 0 Å². The molecule has 7 nitrogen and oxygen atoms in total. The molecular formula is C25H28N4O3. The zero-order chi connectivity index (χ0) is 22.7. The molecule has 0 unspecified atom stereocenters. The number of anilines is 1. The number of piperazine rings is 1. The van der Waals surface area contributed by atoms with Crippen LogP contribution in [0.2, 0.25) is 0 Å². The summed E-state index contributed by atoms with van der Waals surface area (Å²) in [4.78, 5) is 18.8. The van der Waals surface area contributed by atoms with Gasteiger partial charge in [-0.15, -0.1) is 0 Å². The van der Waals surface area contributed by atoms with Crippen LogP contribution in [0.1, 0.15) is 15.9 Å². The number of methoxy groups -OCH3 is 2. The number of hydrogen-bond acceptors (Lipinski definition) is 6. The maximum absolute atomic E-state index is 11.9. The number of ether oxygens (including phenoxy) is 2.